The molecule has 104 valence electrons. The monoisotopic (exact) mass is 296 g/mol. The van der Waals surface area contributed by atoms with E-state index in [4.69, 9.17) is 12.2 Å². The molecule has 21 heavy (non-hydrogen) atoms. The van der Waals surface area contributed by atoms with E-state index >= 15 is 0 Å². The number of fused-ring (bicyclic) bond motifs is 3. The minimum absolute atomic E-state index is 0.526. The predicted octanol–water partition coefficient (Wildman–Crippen LogP) is 2.74. The molecule has 4 aromatic rings. The van der Waals surface area contributed by atoms with Crippen molar-refractivity contribution >= 4 is 28.9 Å². The molecule has 0 atom stereocenters. The van der Waals surface area contributed by atoms with Crippen LogP contribution in [0.25, 0.3) is 22.4 Å². The summed E-state index contributed by atoms with van der Waals surface area (Å²) in [6, 6.07) is 6.22. The molecule has 7 heteroatoms. The lowest BCUT2D eigenvalue weighted by molar-refractivity contribution is 0.890. The quantitative estimate of drug-likeness (QED) is 0.549. The van der Waals surface area contributed by atoms with E-state index in [0.29, 0.717) is 4.77 Å². The number of nitrogens with one attached hydrogen (secondary N) is 1. The van der Waals surface area contributed by atoms with Gasteiger partial charge in [-0.1, -0.05) is 6.07 Å². The van der Waals surface area contributed by atoms with E-state index in [1.54, 1.807) is 16.9 Å². The van der Waals surface area contributed by atoms with E-state index in [0.717, 1.165) is 22.4 Å². The highest BCUT2D eigenvalue weighted by atomic mass is 32.1. The normalized spacial score (nSPS) is 11.5. The van der Waals surface area contributed by atoms with Gasteiger partial charge in [0.2, 0.25) is 4.77 Å². The number of H-pyrrole nitrogens is 1. The maximum absolute atomic E-state index is 5.16. The Labute approximate surface area is 125 Å². The Morgan fingerprint density at radius 1 is 1.14 bits per heavy atom. The lowest BCUT2D eigenvalue weighted by Gasteiger charge is -2.06. The van der Waals surface area contributed by atoms with Crippen molar-refractivity contribution in [1.29, 1.82) is 0 Å². The first kappa shape index (κ1) is 12.2. The van der Waals surface area contributed by atoms with Gasteiger partial charge in [0.1, 0.15) is 6.33 Å². The van der Waals surface area contributed by atoms with Crippen molar-refractivity contribution in [1.82, 2.24) is 29.4 Å². The van der Waals surface area contributed by atoms with Crippen LogP contribution in [-0.4, -0.2) is 29.4 Å². The zero-order valence-electron chi connectivity index (χ0n) is 11.5. The van der Waals surface area contributed by atoms with Crippen LogP contribution < -0.4 is 0 Å². The Morgan fingerprint density at radius 2 is 2.00 bits per heavy atom. The van der Waals surface area contributed by atoms with Crippen molar-refractivity contribution in [3.63, 3.8) is 0 Å². The molecule has 0 bridgehead atoms. The SMILES string of the molecule is Cc1ccc(-n2ncc3c2ncn2c(=S)[nH]nc32)cc1C. The summed E-state index contributed by atoms with van der Waals surface area (Å²) in [6.45, 7) is 4.18. The fraction of sp³-hybridized carbons (Fsp3) is 0.143. The van der Waals surface area contributed by atoms with E-state index in [2.05, 4.69) is 46.3 Å². The van der Waals surface area contributed by atoms with Crippen molar-refractivity contribution in [2.24, 2.45) is 0 Å². The molecule has 3 heterocycles. The molecular formula is C14H12N6S. The third-order valence-corrected chi connectivity index (χ3v) is 4.01. The maximum atomic E-state index is 5.16. The largest absolute Gasteiger partial charge is 0.258 e. The third kappa shape index (κ3) is 1.71. The molecule has 0 aliphatic rings. The lowest BCUT2D eigenvalue weighted by Crippen LogP contribution is -1.99. The number of aromatic amines is 1. The number of aryl methyl sites for hydroxylation is 2. The summed E-state index contributed by atoms with van der Waals surface area (Å²) in [5.41, 5.74) is 4.96. The number of aromatic nitrogens is 6. The molecule has 0 unspecified atom stereocenters. The van der Waals surface area contributed by atoms with Crippen LogP contribution in [0.2, 0.25) is 0 Å². The summed E-state index contributed by atoms with van der Waals surface area (Å²) in [7, 11) is 0. The van der Waals surface area contributed by atoms with Crippen LogP contribution in [0.3, 0.4) is 0 Å². The average Bonchev–Trinajstić information content (AvgIpc) is 3.06. The number of rotatable bonds is 1. The zero-order chi connectivity index (χ0) is 14.6. The van der Waals surface area contributed by atoms with Crippen molar-refractivity contribution in [3.8, 4) is 5.69 Å². The van der Waals surface area contributed by atoms with Crippen LogP contribution >= 0.6 is 12.2 Å². The van der Waals surface area contributed by atoms with E-state index in [1.165, 1.54) is 11.1 Å². The highest BCUT2D eigenvalue weighted by molar-refractivity contribution is 7.71. The van der Waals surface area contributed by atoms with Gasteiger partial charge in [-0.2, -0.15) is 10.2 Å². The average molecular weight is 296 g/mol. The van der Waals surface area contributed by atoms with Crippen molar-refractivity contribution in [3.05, 3.63) is 46.6 Å². The van der Waals surface area contributed by atoms with Gasteiger partial charge in [-0.3, -0.25) is 9.50 Å². The first-order valence-corrected chi connectivity index (χ1v) is 6.93. The molecule has 1 N–H and O–H groups in total. The molecule has 0 saturated carbocycles. The molecule has 0 aliphatic heterocycles. The summed E-state index contributed by atoms with van der Waals surface area (Å²) in [5, 5.41) is 12.3. The molecule has 0 saturated heterocycles. The Bertz CT molecular complexity index is 1040. The second kappa shape index (κ2) is 4.23. The molecule has 3 aromatic heterocycles. The second-order valence-corrected chi connectivity index (χ2v) is 5.42. The molecule has 1 aromatic carbocycles. The fourth-order valence-electron chi connectivity index (χ4n) is 2.38. The highest BCUT2D eigenvalue weighted by Crippen LogP contribution is 2.21. The smallest absolute Gasteiger partial charge is 0.200 e. The Balaban J connectivity index is 2.03. The zero-order valence-corrected chi connectivity index (χ0v) is 12.3. The Morgan fingerprint density at radius 3 is 2.81 bits per heavy atom. The topological polar surface area (TPSA) is 63.8 Å². The van der Waals surface area contributed by atoms with E-state index in [9.17, 15) is 0 Å². The third-order valence-electron chi connectivity index (χ3n) is 3.72. The summed E-state index contributed by atoms with van der Waals surface area (Å²) < 4.78 is 4.09. The second-order valence-electron chi connectivity index (χ2n) is 5.03. The molecule has 0 amide bonds. The minimum atomic E-state index is 0.526. The van der Waals surface area contributed by atoms with Crippen LogP contribution in [0, 0.1) is 18.6 Å². The summed E-state index contributed by atoms with van der Waals surface area (Å²) in [4.78, 5) is 4.47. The predicted molar refractivity (Wildman–Crippen MR) is 82.3 cm³/mol. The fourth-order valence-corrected chi connectivity index (χ4v) is 2.56. The van der Waals surface area contributed by atoms with Crippen LogP contribution in [0.15, 0.2) is 30.7 Å². The standard InChI is InChI=1S/C14H12N6S/c1-8-3-4-10(5-9(8)2)20-12-11(6-16-20)13-17-18-14(21)19(13)7-15-12/h3-7H,1-2H3,(H,18,21). The molecule has 0 aliphatic carbocycles. The van der Waals surface area contributed by atoms with Crippen LogP contribution in [0.5, 0.6) is 0 Å². The van der Waals surface area contributed by atoms with Crippen molar-refractivity contribution < 1.29 is 0 Å². The van der Waals surface area contributed by atoms with Gasteiger partial charge in [0.05, 0.1) is 17.3 Å². The first-order valence-electron chi connectivity index (χ1n) is 6.52. The van der Waals surface area contributed by atoms with E-state index < -0.39 is 0 Å². The molecular weight excluding hydrogens is 284 g/mol. The number of hydrogen-bond donors (Lipinski definition) is 1. The number of benzene rings is 1. The molecule has 4 rings (SSSR count). The maximum Gasteiger partial charge on any atom is 0.200 e. The lowest BCUT2D eigenvalue weighted by atomic mass is 10.1. The van der Waals surface area contributed by atoms with Gasteiger partial charge < -0.3 is 0 Å². The van der Waals surface area contributed by atoms with Crippen LogP contribution in [0.1, 0.15) is 11.1 Å². The van der Waals surface area contributed by atoms with Gasteiger partial charge in [0.15, 0.2) is 11.3 Å². The summed E-state index contributed by atoms with van der Waals surface area (Å²) in [6.07, 6.45) is 3.44. The Kier molecular flexibility index (Phi) is 2.46. The molecule has 0 fully saturated rings. The summed E-state index contributed by atoms with van der Waals surface area (Å²) >= 11 is 5.16. The van der Waals surface area contributed by atoms with Crippen molar-refractivity contribution in [2.45, 2.75) is 13.8 Å². The number of nitrogens with zero attached hydrogens (tertiary/aromatic N) is 5. The molecule has 0 radical (unpaired) electrons. The van der Waals surface area contributed by atoms with Crippen LogP contribution in [0.4, 0.5) is 0 Å². The number of hydrogen-bond acceptors (Lipinski definition) is 4. The van der Waals surface area contributed by atoms with Crippen LogP contribution in [-0.2, 0) is 0 Å². The van der Waals surface area contributed by atoms with E-state index in [1.807, 2.05) is 10.7 Å². The molecule has 6 nitrogen and oxygen atoms in total. The van der Waals surface area contributed by atoms with E-state index in [-0.39, 0.29) is 0 Å². The minimum Gasteiger partial charge on any atom is -0.258 e. The first-order chi connectivity index (χ1) is 10.1. The van der Waals surface area contributed by atoms with Gasteiger partial charge >= 0.3 is 0 Å². The highest BCUT2D eigenvalue weighted by Gasteiger charge is 2.12. The van der Waals surface area contributed by atoms with Crippen molar-refractivity contribution in [2.75, 3.05) is 0 Å². The Hall–Kier alpha value is -2.54. The van der Waals surface area contributed by atoms with Gasteiger partial charge in [-0.05, 0) is 49.3 Å². The van der Waals surface area contributed by atoms with Gasteiger partial charge in [-0.15, -0.1) is 0 Å². The summed E-state index contributed by atoms with van der Waals surface area (Å²) in [5.74, 6) is 0. The van der Waals surface area contributed by atoms with Gasteiger partial charge in [-0.25, -0.2) is 9.67 Å². The van der Waals surface area contributed by atoms with Gasteiger partial charge in [0, 0.05) is 0 Å². The molecule has 0 spiro atoms. The van der Waals surface area contributed by atoms with Gasteiger partial charge in [0.25, 0.3) is 0 Å².